The summed E-state index contributed by atoms with van der Waals surface area (Å²) in [6.45, 7) is 1.95. The number of hydrogen-bond acceptors (Lipinski definition) is 5. The Morgan fingerprint density at radius 3 is 2.85 bits per heavy atom. The van der Waals surface area contributed by atoms with Gasteiger partial charge in [0.1, 0.15) is 0 Å². The number of nitrogens with one attached hydrogen (secondary N) is 1. The first-order chi connectivity index (χ1) is 9.56. The minimum atomic E-state index is -0.544. The molecule has 1 aromatic heterocycles. The molecule has 1 aromatic carbocycles. The van der Waals surface area contributed by atoms with Crippen molar-refractivity contribution in [1.82, 2.24) is 5.32 Å². The van der Waals surface area contributed by atoms with Crippen molar-refractivity contribution in [2.24, 2.45) is 0 Å². The van der Waals surface area contributed by atoms with E-state index < -0.39 is 11.8 Å². The smallest absolute Gasteiger partial charge is 0.293 e. The van der Waals surface area contributed by atoms with Gasteiger partial charge in [-0.2, -0.15) is 0 Å². The van der Waals surface area contributed by atoms with E-state index >= 15 is 0 Å². The minimum Gasteiger partial charge on any atom is -0.459 e. The maximum atomic E-state index is 11.7. The number of hydrogen-bond donors (Lipinski definition) is 2. The normalized spacial score (nSPS) is 10.2. The summed E-state index contributed by atoms with van der Waals surface area (Å²) < 4.78 is 4.90. The van der Waals surface area contributed by atoms with Gasteiger partial charge in [-0.15, -0.1) is 11.8 Å². The van der Waals surface area contributed by atoms with Crippen LogP contribution in [0.15, 0.2) is 45.9 Å². The Bertz CT molecular complexity index is 623. The van der Waals surface area contributed by atoms with E-state index in [-0.39, 0.29) is 11.5 Å². The predicted octanol–water partition coefficient (Wildman–Crippen LogP) is 2.22. The van der Waals surface area contributed by atoms with Gasteiger partial charge >= 0.3 is 0 Å². The Balaban J connectivity index is 1.89. The van der Waals surface area contributed by atoms with Crippen LogP contribution >= 0.6 is 11.8 Å². The summed E-state index contributed by atoms with van der Waals surface area (Å²) >= 11 is 1.29. The van der Waals surface area contributed by atoms with Crippen LogP contribution in [0, 0.1) is 6.92 Å². The molecule has 2 aromatic rings. The van der Waals surface area contributed by atoms with E-state index in [0.717, 1.165) is 10.5 Å². The molecule has 104 valence electrons. The predicted molar refractivity (Wildman–Crippen MR) is 77.5 cm³/mol. The molecule has 3 N–H and O–H groups in total. The standard InChI is InChI=1S/C14H14N2O3S/c1-9-4-5-10(15)12(7-9)20-8-13(17)16-14(18)11-3-2-6-19-11/h2-7H,8,15H2,1H3,(H,16,17,18). The molecule has 0 aliphatic rings. The monoisotopic (exact) mass is 290 g/mol. The molecule has 0 saturated heterocycles. The Morgan fingerprint density at radius 2 is 2.15 bits per heavy atom. The number of carbonyl (C=O) groups is 2. The second-order valence-electron chi connectivity index (χ2n) is 4.18. The molecule has 0 radical (unpaired) electrons. The molecule has 0 fully saturated rings. The van der Waals surface area contributed by atoms with E-state index in [4.69, 9.17) is 10.2 Å². The molecule has 0 saturated carbocycles. The summed E-state index contributed by atoms with van der Waals surface area (Å²) in [4.78, 5) is 24.1. The van der Waals surface area contributed by atoms with Crippen LogP contribution in [0.4, 0.5) is 5.69 Å². The van der Waals surface area contributed by atoms with Gasteiger partial charge in [0.2, 0.25) is 5.91 Å². The molecule has 0 bridgehead atoms. The summed E-state index contributed by atoms with van der Waals surface area (Å²) in [5, 5.41) is 2.25. The fourth-order valence-electron chi connectivity index (χ4n) is 1.54. The lowest BCUT2D eigenvalue weighted by Gasteiger charge is -2.06. The van der Waals surface area contributed by atoms with Crippen molar-refractivity contribution >= 4 is 29.3 Å². The van der Waals surface area contributed by atoms with Crippen LogP contribution in [0.25, 0.3) is 0 Å². The molecule has 0 unspecified atom stereocenters. The highest BCUT2D eigenvalue weighted by molar-refractivity contribution is 8.00. The van der Waals surface area contributed by atoms with Gasteiger partial charge in [0.05, 0.1) is 12.0 Å². The number of benzene rings is 1. The molecule has 5 nitrogen and oxygen atoms in total. The molecule has 0 atom stereocenters. The van der Waals surface area contributed by atoms with Crippen LogP contribution in [0.2, 0.25) is 0 Å². The van der Waals surface area contributed by atoms with E-state index in [1.807, 2.05) is 19.1 Å². The summed E-state index contributed by atoms with van der Waals surface area (Å²) in [5.41, 5.74) is 7.50. The third-order valence-electron chi connectivity index (χ3n) is 2.53. The lowest BCUT2D eigenvalue weighted by Crippen LogP contribution is -2.31. The Hall–Kier alpha value is -2.21. The fourth-order valence-corrected chi connectivity index (χ4v) is 2.40. The lowest BCUT2D eigenvalue weighted by molar-refractivity contribution is -0.117. The van der Waals surface area contributed by atoms with E-state index in [0.29, 0.717) is 5.69 Å². The van der Waals surface area contributed by atoms with E-state index in [2.05, 4.69) is 5.32 Å². The van der Waals surface area contributed by atoms with Gasteiger partial charge in [-0.1, -0.05) is 6.07 Å². The fraction of sp³-hybridized carbons (Fsp3) is 0.143. The summed E-state index contributed by atoms with van der Waals surface area (Å²) in [6, 6.07) is 8.68. The molecule has 2 rings (SSSR count). The van der Waals surface area contributed by atoms with Gasteiger partial charge in [-0.05, 0) is 36.8 Å². The zero-order chi connectivity index (χ0) is 14.5. The second-order valence-corrected chi connectivity index (χ2v) is 5.20. The highest BCUT2D eigenvalue weighted by Crippen LogP contribution is 2.25. The Labute approximate surface area is 120 Å². The first-order valence-corrected chi connectivity index (χ1v) is 6.91. The summed E-state index contributed by atoms with van der Waals surface area (Å²) in [7, 11) is 0. The number of furan rings is 1. The Morgan fingerprint density at radius 1 is 1.35 bits per heavy atom. The van der Waals surface area contributed by atoms with E-state index in [1.165, 1.54) is 24.1 Å². The third-order valence-corrected chi connectivity index (χ3v) is 3.60. The summed E-state index contributed by atoms with van der Waals surface area (Å²) in [5.74, 6) is -0.714. The van der Waals surface area contributed by atoms with Crippen molar-refractivity contribution in [1.29, 1.82) is 0 Å². The minimum absolute atomic E-state index is 0.110. The van der Waals surface area contributed by atoms with Gasteiger partial charge in [0, 0.05) is 10.6 Å². The molecule has 20 heavy (non-hydrogen) atoms. The van der Waals surface area contributed by atoms with Crippen LogP contribution < -0.4 is 11.1 Å². The van der Waals surface area contributed by atoms with Crippen molar-refractivity contribution in [2.75, 3.05) is 11.5 Å². The quantitative estimate of drug-likeness (QED) is 0.666. The Kier molecular flexibility index (Phi) is 4.47. The van der Waals surface area contributed by atoms with Crippen LogP contribution in [-0.4, -0.2) is 17.6 Å². The number of thioether (sulfide) groups is 1. The zero-order valence-corrected chi connectivity index (χ0v) is 11.7. The third kappa shape index (κ3) is 3.64. The van der Waals surface area contributed by atoms with Crippen LogP contribution in [0.1, 0.15) is 16.1 Å². The molecule has 2 amide bonds. The molecule has 1 heterocycles. The highest BCUT2D eigenvalue weighted by atomic mass is 32.2. The van der Waals surface area contributed by atoms with Gasteiger partial charge in [0.15, 0.2) is 5.76 Å². The largest absolute Gasteiger partial charge is 0.459 e. The van der Waals surface area contributed by atoms with Gasteiger partial charge in [-0.3, -0.25) is 14.9 Å². The van der Waals surface area contributed by atoms with Crippen LogP contribution in [-0.2, 0) is 4.79 Å². The molecule has 6 heteroatoms. The number of amides is 2. The van der Waals surface area contributed by atoms with Gasteiger partial charge in [-0.25, -0.2) is 0 Å². The number of nitrogens with two attached hydrogens (primary N) is 1. The van der Waals surface area contributed by atoms with Crippen LogP contribution in [0.3, 0.4) is 0 Å². The van der Waals surface area contributed by atoms with Gasteiger partial charge in [0.25, 0.3) is 5.91 Å². The summed E-state index contributed by atoms with van der Waals surface area (Å²) in [6.07, 6.45) is 1.38. The zero-order valence-electron chi connectivity index (χ0n) is 10.9. The van der Waals surface area contributed by atoms with Crippen molar-refractivity contribution < 1.29 is 14.0 Å². The van der Waals surface area contributed by atoms with Crippen molar-refractivity contribution in [3.8, 4) is 0 Å². The number of nitrogen functional groups attached to an aromatic ring is 1. The maximum Gasteiger partial charge on any atom is 0.293 e. The van der Waals surface area contributed by atoms with Crippen molar-refractivity contribution in [2.45, 2.75) is 11.8 Å². The number of imide groups is 1. The SMILES string of the molecule is Cc1ccc(N)c(SCC(=O)NC(=O)c2ccco2)c1. The molecule has 0 spiro atoms. The van der Waals surface area contributed by atoms with Crippen LogP contribution in [0.5, 0.6) is 0 Å². The average Bonchev–Trinajstić information content (AvgIpc) is 2.94. The molecular weight excluding hydrogens is 276 g/mol. The van der Waals surface area contributed by atoms with Gasteiger partial charge < -0.3 is 10.2 Å². The first kappa shape index (κ1) is 14.2. The van der Waals surface area contributed by atoms with E-state index in [1.54, 1.807) is 12.1 Å². The number of rotatable bonds is 4. The number of carbonyl (C=O) groups excluding carboxylic acids is 2. The molecule has 0 aliphatic heterocycles. The van der Waals surface area contributed by atoms with Crippen molar-refractivity contribution in [3.63, 3.8) is 0 Å². The van der Waals surface area contributed by atoms with E-state index in [9.17, 15) is 9.59 Å². The van der Waals surface area contributed by atoms with Crippen molar-refractivity contribution in [3.05, 3.63) is 47.9 Å². The number of aryl methyl sites for hydroxylation is 1. The lowest BCUT2D eigenvalue weighted by atomic mass is 10.2. The molecular formula is C14H14N2O3S. The number of anilines is 1. The molecule has 0 aliphatic carbocycles. The first-order valence-electron chi connectivity index (χ1n) is 5.93. The topological polar surface area (TPSA) is 85.3 Å². The average molecular weight is 290 g/mol. The highest BCUT2D eigenvalue weighted by Gasteiger charge is 2.13. The second kappa shape index (κ2) is 6.29. The maximum absolute atomic E-state index is 11.7.